The lowest BCUT2D eigenvalue weighted by Gasteiger charge is -2.22. The molecule has 0 saturated carbocycles. The van der Waals surface area contributed by atoms with Gasteiger partial charge in [0.2, 0.25) is 0 Å². The van der Waals surface area contributed by atoms with Gasteiger partial charge in [0, 0.05) is 24.3 Å². The van der Waals surface area contributed by atoms with Crippen LogP contribution in [0.2, 0.25) is 0 Å². The minimum Gasteiger partial charge on any atom is -0.391 e. The number of aromatic nitrogens is 5. The molecule has 3 heterocycles. The highest BCUT2D eigenvalue weighted by Gasteiger charge is 2.28. The molecule has 1 N–H and O–H groups in total. The number of benzene rings is 1. The maximum Gasteiger partial charge on any atom is 0.184 e. The van der Waals surface area contributed by atoms with Crippen LogP contribution in [0.1, 0.15) is 44.1 Å². The predicted molar refractivity (Wildman–Crippen MR) is 117 cm³/mol. The van der Waals surface area contributed by atoms with Crippen molar-refractivity contribution in [3.05, 3.63) is 41.2 Å². The zero-order valence-electron chi connectivity index (χ0n) is 17.4. The molecule has 0 bridgehead atoms. The maximum absolute atomic E-state index is 10.0. The highest BCUT2D eigenvalue weighted by Crippen LogP contribution is 2.29. The molecule has 0 unspecified atom stereocenters. The number of hydrogen-bond donors (Lipinski definition) is 1. The van der Waals surface area contributed by atoms with E-state index in [0.29, 0.717) is 36.4 Å². The summed E-state index contributed by atoms with van der Waals surface area (Å²) in [7, 11) is 0. The Bertz CT molecular complexity index is 1100. The highest BCUT2D eigenvalue weighted by molar-refractivity contribution is 8.02. The second-order valence-corrected chi connectivity index (χ2v) is 9.34. The average Bonchev–Trinajstić information content (AvgIpc) is 3.32. The Hall–Kier alpha value is -2.70. The Morgan fingerprint density at radius 3 is 2.67 bits per heavy atom. The van der Waals surface area contributed by atoms with Crippen LogP contribution in [-0.4, -0.2) is 49.3 Å². The van der Waals surface area contributed by atoms with Crippen LogP contribution < -0.4 is 4.90 Å². The van der Waals surface area contributed by atoms with Crippen LogP contribution >= 0.6 is 11.8 Å². The van der Waals surface area contributed by atoms with E-state index in [1.165, 1.54) is 11.8 Å². The van der Waals surface area contributed by atoms with Crippen molar-refractivity contribution in [1.29, 1.82) is 5.26 Å². The van der Waals surface area contributed by atoms with E-state index >= 15 is 0 Å². The third kappa shape index (κ3) is 4.11. The number of rotatable bonds is 5. The van der Waals surface area contributed by atoms with Crippen LogP contribution in [-0.2, 0) is 17.7 Å². The van der Waals surface area contributed by atoms with Crippen molar-refractivity contribution < 1.29 is 5.11 Å². The Balaban J connectivity index is 1.78. The van der Waals surface area contributed by atoms with Gasteiger partial charge in [0.1, 0.15) is 11.2 Å². The fourth-order valence-electron chi connectivity index (χ4n) is 3.56. The first-order valence-corrected chi connectivity index (χ1v) is 11.0. The Morgan fingerprint density at radius 2 is 2.00 bits per heavy atom. The van der Waals surface area contributed by atoms with E-state index in [4.69, 9.17) is 15.2 Å². The maximum atomic E-state index is 10.0. The first-order valence-electron chi connectivity index (χ1n) is 9.99. The Kier molecular flexibility index (Phi) is 5.62. The lowest BCUT2D eigenvalue weighted by atomic mass is 9.96. The lowest BCUT2D eigenvalue weighted by Crippen LogP contribution is -2.25. The van der Waals surface area contributed by atoms with Gasteiger partial charge in [-0.05, 0) is 29.3 Å². The van der Waals surface area contributed by atoms with E-state index in [-0.39, 0.29) is 11.5 Å². The summed E-state index contributed by atoms with van der Waals surface area (Å²) >= 11 is 1.22. The molecule has 1 aromatic carbocycles. The molecule has 156 valence electrons. The molecule has 1 atom stereocenters. The quantitative estimate of drug-likeness (QED) is 0.625. The van der Waals surface area contributed by atoms with E-state index in [1.54, 1.807) is 4.68 Å². The van der Waals surface area contributed by atoms with E-state index in [9.17, 15) is 5.11 Å². The van der Waals surface area contributed by atoms with Gasteiger partial charge in [-0.25, -0.2) is 14.6 Å². The van der Waals surface area contributed by atoms with E-state index in [0.717, 1.165) is 29.3 Å². The zero-order chi connectivity index (χ0) is 21.3. The van der Waals surface area contributed by atoms with Gasteiger partial charge in [-0.15, -0.1) is 5.10 Å². The van der Waals surface area contributed by atoms with Gasteiger partial charge in [-0.1, -0.05) is 50.3 Å². The third-order valence-corrected chi connectivity index (χ3v) is 5.79. The molecule has 1 aliphatic rings. The van der Waals surface area contributed by atoms with Crippen LogP contribution in [0.5, 0.6) is 0 Å². The summed E-state index contributed by atoms with van der Waals surface area (Å²) in [6.07, 6.45) is 0.363. The van der Waals surface area contributed by atoms with Crippen molar-refractivity contribution in [2.75, 3.05) is 18.0 Å². The van der Waals surface area contributed by atoms with Gasteiger partial charge < -0.3 is 10.0 Å². The van der Waals surface area contributed by atoms with Gasteiger partial charge in [-0.3, -0.25) is 0 Å². The Morgan fingerprint density at radius 1 is 1.23 bits per heavy atom. The second-order valence-electron chi connectivity index (χ2n) is 8.58. The summed E-state index contributed by atoms with van der Waals surface area (Å²) in [5.41, 5.74) is 3.29. The molecule has 3 aromatic rings. The molecule has 2 aromatic heterocycles. The number of thioether (sulfide) groups is 1. The van der Waals surface area contributed by atoms with Gasteiger partial charge in [0.25, 0.3) is 0 Å². The highest BCUT2D eigenvalue weighted by atomic mass is 32.2. The number of aliphatic hydroxyl groups is 1. The topological polar surface area (TPSA) is 104 Å². The fourth-order valence-corrected chi connectivity index (χ4v) is 4.06. The molecule has 0 radical (unpaired) electrons. The molecule has 0 spiro atoms. The average molecular weight is 424 g/mol. The van der Waals surface area contributed by atoms with E-state index in [1.807, 2.05) is 24.3 Å². The van der Waals surface area contributed by atoms with E-state index < -0.39 is 0 Å². The number of aliphatic hydroxyl groups excluding tert-OH is 1. The van der Waals surface area contributed by atoms with Crippen molar-refractivity contribution >= 4 is 28.7 Å². The Labute approximate surface area is 179 Å². The number of nitrogens with zero attached hydrogens (tertiary/aromatic N) is 7. The number of hydrogen-bond acceptors (Lipinski definition) is 8. The molecule has 30 heavy (non-hydrogen) atoms. The molecule has 4 rings (SSSR count). The van der Waals surface area contributed by atoms with Crippen LogP contribution in [0.15, 0.2) is 24.3 Å². The number of β-amino-alcohol motifs (C(OH)–C–C–N with tert-alkyl or cyclic N) is 1. The van der Waals surface area contributed by atoms with E-state index in [2.05, 4.69) is 41.4 Å². The number of anilines is 1. The normalized spacial score (nSPS) is 16.9. The summed E-state index contributed by atoms with van der Waals surface area (Å²) in [6, 6.07) is 8.05. The molecular weight excluding hydrogens is 398 g/mol. The van der Waals surface area contributed by atoms with Gasteiger partial charge >= 0.3 is 0 Å². The smallest absolute Gasteiger partial charge is 0.184 e. The van der Waals surface area contributed by atoms with Crippen molar-refractivity contribution in [1.82, 2.24) is 25.0 Å². The fraction of sp³-hybridized carbons (Fsp3) is 0.476. The standard InChI is InChI=1S/C21H25N7OS/c1-21(2,3)20-23-18(27-9-8-16(29)11-27)17-19(24-20)28(26-25-17)10-14-6-4-5-7-15(14)12-30-13-22/h4-7,16,29H,8-12H2,1-3H3/t16-/m0/s1. The monoisotopic (exact) mass is 423 g/mol. The molecule has 1 aliphatic heterocycles. The lowest BCUT2D eigenvalue weighted by molar-refractivity contribution is 0.198. The summed E-state index contributed by atoms with van der Waals surface area (Å²) < 4.78 is 1.80. The molecule has 9 heteroatoms. The summed E-state index contributed by atoms with van der Waals surface area (Å²) in [6.45, 7) is 8.04. The van der Waals surface area contributed by atoms with Crippen molar-refractivity contribution in [3.63, 3.8) is 0 Å². The minimum absolute atomic E-state index is 0.238. The van der Waals surface area contributed by atoms with Crippen LogP contribution in [0, 0.1) is 10.7 Å². The zero-order valence-corrected chi connectivity index (χ0v) is 18.2. The summed E-state index contributed by atoms with van der Waals surface area (Å²) in [4.78, 5) is 11.7. The van der Waals surface area contributed by atoms with Crippen LogP contribution in [0.25, 0.3) is 11.2 Å². The number of thiocyanates is 1. The van der Waals surface area contributed by atoms with Crippen LogP contribution in [0.3, 0.4) is 0 Å². The summed E-state index contributed by atoms with van der Waals surface area (Å²) in [5.74, 6) is 2.09. The van der Waals surface area contributed by atoms with Gasteiger partial charge in [0.05, 0.1) is 12.6 Å². The first kappa shape index (κ1) is 20.6. The first-order chi connectivity index (χ1) is 14.4. The number of nitriles is 1. The third-order valence-electron chi connectivity index (χ3n) is 5.21. The van der Waals surface area contributed by atoms with Crippen molar-refractivity contribution in [3.8, 4) is 5.40 Å². The molecule has 8 nitrogen and oxygen atoms in total. The minimum atomic E-state index is -0.354. The molecule has 0 aliphatic carbocycles. The van der Waals surface area contributed by atoms with Gasteiger partial charge in [0.15, 0.2) is 17.0 Å². The molecule has 1 fully saturated rings. The summed E-state index contributed by atoms with van der Waals surface area (Å²) in [5, 5.41) is 29.9. The molecule has 0 amide bonds. The van der Waals surface area contributed by atoms with Crippen molar-refractivity contribution in [2.45, 2.75) is 51.0 Å². The van der Waals surface area contributed by atoms with Crippen LogP contribution in [0.4, 0.5) is 5.82 Å². The molecule has 1 saturated heterocycles. The SMILES string of the molecule is CC(C)(C)c1nc(N2CC[C@H](O)C2)c2nnn(Cc3ccccc3CSC#N)c2n1. The van der Waals surface area contributed by atoms with Crippen molar-refractivity contribution in [2.24, 2.45) is 0 Å². The second kappa shape index (κ2) is 8.20. The molecular formula is C21H25N7OS. The largest absolute Gasteiger partial charge is 0.391 e. The predicted octanol–water partition coefficient (Wildman–Crippen LogP) is 2.85. The van der Waals surface area contributed by atoms with Gasteiger partial charge in [-0.2, -0.15) is 5.26 Å². The number of fused-ring (bicyclic) bond motifs is 1.